The molecule has 5 aromatic rings. The van der Waals surface area contributed by atoms with Crippen LogP contribution in [-0.4, -0.2) is 23.3 Å². The average Bonchev–Trinajstić information content (AvgIpc) is 2.88. The highest BCUT2D eigenvalue weighted by Crippen LogP contribution is 2.41. The van der Waals surface area contributed by atoms with Crippen molar-refractivity contribution in [3.05, 3.63) is 106 Å². The highest BCUT2D eigenvalue weighted by Gasteiger charge is 2.27. The Balaban J connectivity index is 1.77. The first-order chi connectivity index (χ1) is 17.0. The standard InChI is InChI=1S/C29H22O6/c1-34-26(32)15-23(21-8-4-6-17-5-2-3-7-20(17)21)27-25(31)14-13-22-28(33)24(16-35-29(22)27)18-9-11-19(30)12-10-18/h2-14,16,23,30-31H,15H2,1H3/t23-/m0/s1. The fraction of sp³-hybridized carbons (Fsp3) is 0.103. The number of carbonyl (C=O) groups excluding carboxylic acids is 1. The van der Waals surface area contributed by atoms with Gasteiger partial charge in [-0.3, -0.25) is 9.59 Å². The van der Waals surface area contributed by atoms with Crippen molar-refractivity contribution in [2.24, 2.45) is 0 Å². The van der Waals surface area contributed by atoms with Crippen LogP contribution in [0.4, 0.5) is 0 Å². The van der Waals surface area contributed by atoms with Crippen molar-refractivity contribution in [1.29, 1.82) is 0 Å². The minimum absolute atomic E-state index is 0.0550. The minimum atomic E-state index is -0.625. The molecule has 1 atom stereocenters. The lowest BCUT2D eigenvalue weighted by Crippen LogP contribution is -2.13. The predicted molar refractivity (Wildman–Crippen MR) is 134 cm³/mol. The molecule has 0 saturated heterocycles. The van der Waals surface area contributed by atoms with Crippen LogP contribution in [-0.2, 0) is 9.53 Å². The topological polar surface area (TPSA) is 97.0 Å². The maximum absolute atomic E-state index is 13.4. The number of esters is 1. The molecule has 5 rings (SSSR count). The molecule has 6 heteroatoms. The summed E-state index contributed by atoms with van der Waals surface area (Å²) in [5.74, 6) is -1.07. The van der Waals surface area contributed by atoms with Crippen LogP contribution in [0.15, 0.2) is 94.3 Å². The number of aromatic hydroxyl groups is 2. The van der Waals surface area contributed by atoms with Gasteiger partial charge in [0.15, 0.2) is 0 Å². The van der Waals surface area contributed by atoms with E-state index in [1.807, 2.05) is 42.5 Å². The van der Waals surface area contributed by atoms with Gasteiger partial charge < -0.3 is 19.4 Å². The first-order valence-electron chi connectivity index (χ1n) is 11.1. The van der Waals surface area contributed by atoms with Gasteiger partial charge in [0, 0.05) is 11.5 Å². The van der Waals surface area contributed by atoms with Gasteiger partial charge in [0.2, 0.25) is 5.43 Å². The molecule has 0 fully saturated rings. The van der Waals surface area contributed by atoms with E-state index in [9.17, 15) is 19.8 Å². The summed E-state index contributed by atoms with van der Waals surface area (Å²) in [7, 11) is 1.31. The number of methoxy groups -OCH3 is 1. The molecule has 0 aliphatic carbocycles. The number of phenolic OH excluding ortho intramolecular Hbond substituents is 2. The highest BCUT2D eigenvalue weighted by molar-refractivity contribution is 5.91. The lowest BCUT2D eigenvalue weighted by atomic mass is 9.84. The number of carbonyl (C=O) groups is 1. The summed E-state index contributed by atoms with van der Waals surface area (Å²) < 4.78 is 10.9. The van der Waals surface area contributed by atoms with Crippen molar-refractivity contribution in [2.45, 2.75) is 12.3 Å². The third kappa shape index (κ3) is 3.99. The van der Waals surface area contributed by atoms with Crippen molar-refractivity contribution < 1.29 is 24.2 Å². The third-order valence-electron chi connectivity index (χ3n) is 6.28. The molecule has 6 nitrogen and oxygen atoms in total. The first-order valence-corrected chi connectivity index (χ1v) is 11.1. The second-order valence-corrected chi connectivity index (χ2v) is 8.30. The zero-order chi connectivity index (χ0) is 24.5. The smallest absolute Gasteiger partial charge is 0.306 e. The molecule has 0 spiro atoms. The number of fused-ring (bicyclic) bond motifs is 2. The van der Waals surface area contributed by atoms with Gasteiger partial charge in [0.1, 0.15) is 23.3 Å². The Morgan fingerprint density at radius 3 is 2.43 bits per heavy atom. The summed E-state index contributed by atoms with van der Waals surface area (Å²) in [6, 6.07) is 22.7. The van der Waals surface area contributed by atoms with E-state index in [0.717, 1.165) is 16.3 Å². The molecule has 35 heavy (non-hydrogen) atoms. The van der Waals surface area contributed by atoms with Crippen LogP contribution in [0.25, 0.3) is 32.9 Å². The molecule has 4 aromatic carbocycles. The summed E-state index contributed by atoms with van der Waals surface area (Å²) in [5.41, 5.74) is 1.99. The molecular weight excluding hydrogens is 444 g/mol. The molecule has 0 aliphatic rings. The van der Waals surface area contributed by atoms with E-state index in [1.165, 1.54) is 37.6 Å². The first kappa shape index (κ1) is 22.2. The Kier molecular flexibility index (Phi) is 5.71. The summed E-state index contributed by atoms with van der Waals surface area (Å²) in [4.78, 5) is 25.9. The number of hydrogen-bond donors (Lipinski definition) is 2. The molecule has 174 valence electrons. The van der Waals surface area contributed by atoms with Crippen molar-refractivity contribution >= 4 is 27.7 Å². The van der Waals surface area contributed by atoms with Crippen LogP contribution in [0, 0.1) is 0 Å². The average molecular weight is 466 g/mol. The molecule has 1 aromatic heterocycles. The highest BCUT2D eigenvalue weighted by atomic mass is 16.5. The maximum atomic E-state index is 13.4. The van der Waals surface area contributed by atoms with E-state index < -0.39 is 11.9 Å². The van der Waals surface area contributed by atoms with Crippen molar-refractivity contribution in [3.63, 3.8) is 0 Å². The van der Waals surface area contributed by atoms with Crippen LogP contribution in [0.2, 0.25) is 0 Å². The lowest BCUT2D eigenvalue weighted by Gasteiger charge is -2.21. The number of rotatable bonds is 5. The Hall–Kier alpha value is -4.58. The van der Waals surface area contributed by atoms with Crippen molar-refractivity contribution in [2.75, 3.05) is 7.11 Å². The molecule has 1 heterocycles. The van der Waals surface area contributed by atoms with E-state index in [4.69, 9.17) is 9.15 Å². The van der Waals surface area contributed by atoms with Crippen LogP contribution in [0.5, 0.6) is 11.5 Å². The van der Waals surface area contributed by atoms with Gasteiger partial charge in [-0.05, 0) is 46.2 Å². The molecule has 0 radical (unpaired) electrons. The number of phenols is 2. The molecule has 2 N–H and O–H groups in total. The van der Waals surface area contributed by atoms with E-state index in [-0.39, 0.29) is 34.3 Å². The molecule has 0 amide bonds. The maximum Gasteiger partial charge on any atom is 0.306 e. The fourth-order valence-electron chi connectivity index (χ4n) is 4.56. The largest absolute Gasteiger partial charge is 0.508 e. The lowest BCUT2D eigenvalue weighted by molar-refractivity contribution is -0.140. The van der Waals surface area contributed by atoms with Crippen LogP contribution in [0.1, 0.15) is 23.5 Å². The summed E-state index contributed by atoms with van der Waals surface area (Å²) in [5, 5.41) is 22.7. The zero-order valence-corrected chi connectivity index (χ0v) is 18.9. The normalized spacial score (nSPS) is 12.0. The zero-order valence-electron chi connectivity index (χ0n) is 18.9. The number of benzene rings is 4. The molecule has 0 bridgehead atoms. The monoisotopic (exact) mass is 466 g/mol. The molecule has 0 unspecified atom stereocenters. The van der Waals surface area contributed by atoms with E-state index in [2.05, 4.69) is 0 Å². The Morgan fingerprint density at radius 1 is 0.914 bits per heavy atom. The van der Waals surface area contributed by atoms with Gasteiger partial charge in [-0.1, -0.05) is 54.6 Å². The van der Waals surface area contributed by atoms with Crippen molar-refractivity contribution in [3.8, 4) is 22.6 Å². The summed E-state index contributed by atoms with van der Waals surface area (Å²) in [6.45, 7) is 0. The second kappa shape index (κ2) is 8.99. The van der Waals surface area contributed by atoms with Gasteiger partial charge in [0.25, 0.3) is 0 Å². The van der Waals surface area contributed by atoms with E-state index >= 15 is 0 Å². The summed E-state index contributed by atoms with van der Waals surface area (Å²) >= 11 is 0. The Labute approximate surface area is 200 Å². The van der Waals surface area contributed by atoms with E-state index in [1.54, 1.807) is 12.1 Å². The molecular formula is C29H22O6. The van der Waals surface area contributed by atoms with Gasteiger partial charge in [-0.15, -0.1) is 0 Å². The fourth-order valence-corrected chi connectivity index (χ4v) is 4.56. The molecule has 0 saturated carbocycles. The van der Waals surface area contributed by atoms with Crippen LogP contribution in [0.3, 0.4) is 0 Å². The van der Waals surface area contributed by atoms with Gasteiger partial charge in [0.05, 0.1) is 24.5 Å². The van der Waals surface area contributed by atoms with Gasteiger partial charge in [-0.2, -0.15) is 0 Å². The van der Waals surface area contributed by atoms with Crippen molar-refractivity contribution in [1.82, 2.24) is 0 Å². The van der Waals surface area contributed by atoms with Crippen LogP contribution >= 0.6 is 0 Å². The second-order valence-electron chi connectivity index (χ2n) is 8.30. The third-order valence-corrected chi connectivity index (χ3v) is 6.28. The summed E-state index contributed by atoms with van der Waals surface area (Å²) in [6.07, 6.45) is 1.29. The van der Waals surface area contributed by atoms with Gasteiger partial charge in [-0.25, -0.2) is 0 Å². The minimum Gasteiger partial charge on any atom is -0.508 e. The van der Waals surface area contributed by atoms with Crippen LogP contribution < -0.4 is 5.43 Å². The van der Waals surface area contributed by atoms with E-state index in [0.29, 0.717) is 16.7 Å². The predicted octanol–water partition coefficient (Wildman–Crippen LogP) is 5.72. The SMILES string of the molecule is COC(=O)C[C@@H](c1cccc2ccccc12)c1c(O)ccc2c(=O)c(-c3ccc(O)cc3)coc12. The van der Waals surface area contributed by atoms with Gasteiger partial charge >= 0.3 is 5.97 Å². The quantitative estimate of drug-likeness (QED) is 0.322. The molecule has 0 aliphatic heterocycles. The number of hydrogen-bond acceptors (Lipinski definition) is 6. The Bertz CT molecular complexity index is 1610. The Morgan fingerprint density at radius 2 is 1.66 bits per heavy atom. The number of ether oxygens (including phenoxy) is 1.